The number of ketones is 4. The number of hydrogen-bond acceptors (Lipinski definition) is 13. The number of Topliss-reactive ketones (excluding diaryl/α,β-unsaturated/α-hetero) is 2. The summed E-state index contributed by atoms with van der Waals surface area (Å²) in [5.41, 5.74) is 5.44. The van der Waals surface area contributed by atoms with Gasteiger partial charge in [0, 0.05) is 30.7 Å². The van der Waals surface area contributed by atoms with Gasteiger partial charge in [-0.25, -0.2) is 0 Å². The van der Waals surface area contributed by atoms with Crippen molar-refractivity contribution < 1.29 is 60.0 Å². The molecule has 0 amide bonds. The third-order valence-corrected chi connectivity index (χ3v) is 18.7. The molecule has 348 valence electrons. The average Bonchev–Trinajstić information content (AvgIpc) is 3.74. The lowest BCUT2D eigenvalue weighted by Gasteiger charge is -2.60. The minimum atomic E-state index is -1.54. The fourth-order valence-corrected chi connectivity index (χ4v) is 15.5. The Morgan fingerprint density at radius 2 is 1.29 bits per heavy atom. The van der Waals surface area contributed by atoms with E-state index in [2.05, 4.69) is 20.8 Å². The summed E-state index contributed by atoms with van der Waals surface area (Å²) in [6.07, 6.45) is 12.3. The Balaban J connectivity index is 0.000000151. The highest BCUT2D eigenvalue weighted by atomic mass is 16.3. The molecule has 1 aromatic carbocycles. The standard InChI is InChI=1S/C21H30O5.C21H30O4.C8H11NO3/c1-19-7-5-13(23)9-12(19)3-4-14-15-6-8-21(26,17(25)11-22)20(15,2)10-16(24)18(14)19;1-20-8-7-13(23)9-12(20)3-4-14-15-5-6-16(18(25)11-22)21(15,2)10-17(24)19(14)20;9-4-8(12)5-1-2-6(10)7(11)3-5/h9,14-16,18,22,24,26H,3-8,10-11H2,1-2H3;9,14-17,19,22,24H,3-8,10-11H2,1-2H3;1-3,8,10-12H,4,9H2/t14-,15-,16-,18+,19-,20-,21-;14-,15-,16+,17-,19+,20-,21-;8-/m000/s1. The maximum absolute atomic E-state index is 12.4. The molecule has 8 aliphatic rings. The first-order chi connectivity index (χ1) is 29.6. The molecular weight excluding hydrogens is 807 g/mol. The van der Waals surface area contributed by atoms with Crippen LogP contribution in [0.3, 0.4) is 0 Å². The molecule has 0 radical (unpaired) electrons. The van der Waals surface area contributed by atoms with Gasteiger partial charge in [0.05, 0.1) is 18.3 Å². The molecule has 0 bridgehead atoms. The first-order valence-corrected chi connectivity index (χ1v) is 23.4. The second kappa shape index (κ2) is 17.5. The molecule has 13 nitrogen and oxygen atoms in total. The summed E-state index contributed by atoms with van der Waals surface area (Å²) in [4.78, 5) is 48.4. The van der Waals surface area contributed by atoms with Gasteiger partial charge in [-0.2, -0.15) is 0 Å². The quantitative estimate of drug-likeness (QED) is 0.178. The molecule has 0 saturated heterocycles. The Kier molecular flexibility index (Phi) is 13.2. The van der Waals surface area contributed by atoms with Crippen molar-refractivity contribution in [3.63, 3.8) is 0 Å². The summed E-state index contributed by atoms with van der Waals surface area (Å²) in [6, 6.07) is 4.10. The van der Waals surface area contributed by atoms with Crippen LogP contribution >= 0.6 is 0 Å². The predicted octanol–water partition coefficient (Wildman–Crippen LogP) is 4.54. The van der Waals surface area contributed by atoms with Gasteiger partial charge in [-0.05, 0) is 159 Å². The number of nitrogens with two attached hydrogens (primary N) is 1. The number of hydrogen-bond donors (Lipinski definition) is 9. The van der Waals surface area contributed by atoms with E-state index < -0.39 is 41.7 Å². The maximum atomic E-state index is 12.4. The van der Waals surface area contributed by atoms with E-state index in [0.29, 0.717) is 49.5 Å². The van der Waals surface area contributed by atoms with Crippen molar-refractivity contribution in [1.82, 2.24) is 0 Å². The number of carbonyl (C=O) groups excluding carboxylic acids is 4. The fourth-order valence-electron chi connectivity index (χ4n) is 15.5. The Labute approximate surface area is 370 Å². The van der Waals surface area contributed by atoms with Gasteiger partial charge in [0.15, 0.2) is 34.6 Å². The third kappa shape index (κ3) is 7.78. The molecule has 15 atom stereocenters. The molecule has 0 heterocycles. The molecule has 0 aromatic heterocycles. The van der Waals surface area contributed by atoms with Gasteiger partial charge in [0.1, 0.15) is 18.8 Å². The number of aliphatic hydroxyl groups is 6. The first kappa shape index (κ1) is 47.7. The second-order valence-electron chi connectivity index (χ2n) is 21.5. The van der Waals surface area contributed by atoms with E-state index >= 15 is 0 Å². The number of fused-ring (bicyclic) bond motifs is 10. The van der Waals surface area contributed by atoms with Crippen molar-refractivity contribution in [3.05, 3.63) is 47.1 Å². The summed E-state index contributed by atoms with van der Waals surface area (Å²) in [6.45, 7) is 7.58. The molecule has 0 unspecified atom stereocenters. The molecule has 8 aliphatic carbocycles. The van der Waals surface area contributed by atoms with Gasteiger partial charge in [-0.3, -0.25) is 19.2 Å². The Morgan fingerprint density at radius 3 is 1.81 bits per heavy atom. The van der Waals surface area contributed by atoms with Crippen LogP contribution in [0.2, 0.25) is 0 Å². The fraction of sp³-hybridized carbons (Fsp3) is 0.720. The van der Waals surface area contributed by atoms with E-state index in [0.717, 1.165) is 57.8 Å². The molecule has 6 saturated carbocycles. The number of allylic oxidation sites excluding steroid dienone is 2. The average molecular weight is 878 g/mol. The van der Waals surface area contributed by atoms with Gasteiger partial charge in [0.25, 0.3) is 0 Å². The van der Waals surface area contributed by atoms with Crippen LogP contribution in [0, 0.1) is 63.1 Å². The maximum Gasteiger partial charge on any atom is 0.190 e. The van der Waals surface area contributed by atoms with Gasteiger partial charge >= 0.3 is 0 Å². The number of benzene rings is 1. The molecular formula is C50H71NO12. The number of carbonyl (C=O) groups is 4. The highest BCUT2D eigenvalue weighted by Gasteiger charge is 2.68. The molecule has 63 heavy (non-hydrogen) atoms. The van der Waals surface area contributed by atoms with Crippen LogP contribution in [0.5, 0.6) is 11.5 Å². The van der Waals surface area contributed by atoms with Crippen molar-refractivity contribution in [1.29, 1.82) is 0 Å². The highest BCUT2D eigenvalue weighted by Crippen LogP contribution is 2.69. The summed E-state index contributed by atoms with van der Waals surface area (Å²) in [5.74, 6) is 0.802. The van der Waals surface area contributed by atoms with Gasteiger partial charge < -0.3 is 46.6 Å². The molecule has 10 N–H and O–H groups in total. The smallest absolute Gasteiger partial charge is 0.190 e. The van der Waals surface area contributed by atoms with Gasteiger partial charge in [0.2, 0.25) is 0 Å². The van der Waals surface area contributed by atoms with E-state index in [4.69, 9.17) is 15.9 Å². The van der Waals surface area contributed by atoms with Crippen LogP contribution in [0.15, 0.2) is 41.5 Å². The van der Waals surface area contributed by atoms with Gasteiger partial charge in [-0.1, -0.05) is 44.9 Å². The molecule has 0 aliphatic heterocycles. The van der Waals surface area contributed by atoms with Crippen molar-refractivity contribution in [2.24, 2.45) is 68.8 Å². The second-order valence-corrected chi connectivity index (χ2v) is 21.5. The number of phenols is 2. The van der Waals surface area contributed by atoms with Crippen molar-refractivity contribution >= 4 is 23.1 Å². The van der Waals surface area contributed by atoms with E-state index in [9.17, 15) is 49.8 Å². The van der Waals surface area contributed by atoms with Crippen LogP contribution in [0.25, 0.3) is 0 Å². The van der Waals surface area contributed by atoms with E-state index in [1.165, 1.54) is 29.3 Å². The zero-order chi connectivity index (χ0) is 46.0. The molecule has 9 rings (SSSR count). The zero-order valence-electron chi connectivity index (χ0n) is 37.5. The summed E-state index contributed by atoms with van der Waals surface area (Å²) in [5, 5.41) is 79.5. The lowest BCUT2D eigenvalue weighted by Crippen LogP contribution is -2.62. The number of aromatic hydroxyl groups is 2. The van der Waals surface area contributed by atoms with Crippen molar-refractivity contribution in [3.8, 4) is 11.5 Å². The largest absolute Gasteiger partial charge is 0.504 e. The lowest BCUT2D eigenvalue weighted by molar-refractivity contribution is -0.182. The minimum absolute atomic E-state index is 0.0541. The zero-order valence-corrected chi connectivity index (χ0v) is 37.5. The monoisotopic (exact) mass is 877 g/mol. The first-order valence-electron chi connectivity index (χ1n) is 23.4. The topological polar surface area (TPSA) is 256 Å². The molecule has 13 heteroatoms. The molecule has 0 spiro atoms. The number of rotatable bonds is 6. The van der Waals surface area contributed by atoms with Crippen LogP contribution < -0.4 is 5.73 Å². The van der Waals surface area contributed by atoms with Crippen LogP contribution in [-0.2, 0) is 19.2 Å². The molecule has 6 fully saturated rings. The SMILES string of the molecule is C[C@]12CCC(=O)C=C1CC[C@@H]1[C@@H]2[C@@H](O)C[C@@]2(C)[C@H]1CC[C@]2(O)C(=O)CO.C[C@]12C[C@H](O)[C@H]3[C@@H](CCC4=CC(=O)CC[C@@]43C)[C@@H]1CC[C@@H]2C(=O)CO.NC[C@H](O)c1ccc(O)c(O)c1. The number of aliphatic hydroxyl groups excluding tert-OH is 5. The van der Waals surface area contributed by atoms with Crippen LogP contribution in [0.4, 0.5) is 0 Å². The third-order valence-electron chi connectivity index (χ3n) is 18.7. The van der Waals surface area contributed by atoms with Gasteiger partial charge in [-0.15, -0.1) is 0 Å². The predicted molar refractivity (Wildman–Crippen MR) is 233 cm³/mol. The minimum Gasteiger partial charge on any atom is -0.504 e. The van der Waals surface area contributed by atoms with Crippen LogP contribution in [0.1, 0.15) is 129 Å². The lowest BCUT2D eigenvalue weighted by atomic mass is 9.45. The molecule has 1 aromatic rings. The van der Waals surface area contributed by atoms with E-state index in [1.54, 1.807) is 6.08 Å². The number of phenolic OH excluding ortho intramolecular Hbond substituents is 2. The normalized spacial score (nSPS) is 42.7. The summed E-state index contributed by atoms with van der Waals surface area (Å²) >= 11 is 0. The summed E-state index contributed by atoms with van der Waals surface area (Å²) in [7, 11) is 0. The van der Waals surface area contributed by atoms with Crippen molar-refractivity contribution in [2.75, 3.05) is 19.8 Å². The van der Waals surface area contributed by atoms with E-state index in [1.807, 2.05) is 13.0 Å². The summed E-state index contributed by atoms with van der Waals surface area (Å²) < 4.78 is 0. The highest BCUT2D eigenvalue weighted by molar-refractivity contribution is 5.92. The Morgan fingerprint density at radius 1 is 0.730 bits per heavy atom. The Hall–Kier alpha value is -3.30. The van der Waals surface area contributed by atoms with Crippen LogP contribution in [-0.4, -0.2) is 102 Å². The Bertz CT molecular complexity index is 2030. The van der Waals surface area contributed by atoms with E-state index in [-0.39, 0.29) is 87.8 Å². The van der Waals surface area contributed by atoms with Crippen molar-refractivity contribution in [2.45, 2.75) is 141 Å².